The Morgan fingerprint density at radius 1 is 1.21 bits per heavy atom. The Morgan fingerprint density at radius 2 is 2.00 bits per heavy atom. The summed E-state index contributed by atoms with van der Waals surface area (Å²) in [7, 11) is 0. The molecule has 2 bridgehead atoms. The molecule has 152 valence electrons. The summed E-state index contributed by atoms with van der Waals surface area (Å²) in [6, 6.07) is 10.3. The van der Waals surface area contributed by atoms with E-state index in [0.29, 0.717) is 19.4 Å². The van der Waals surface area contributed by atoms with Gasteiger partial charge in [0, 0.05) is 32.7 Å². The minimum atomic E-state index is -0.701. The van der Waals surface area contributed by atoms with E-state index in [4.69, 9.17) is 23.8 Å². The highest BCUT2D eigenvalue weighted by Crippen LogP contribution is 2.55. The molecule has 1 spiro atoms. The molecule has 28 heavy (non-hydrogen) atoms. The van der Waals surface area contributed by atoms with Crippen LogP contribution in [0.5, 0.6) is 0 Å². The van der Waals surface area contributed by atoms with Crippen LogP contribution in [0.4, 0.5) is 0 Å². The Balaban J connectivity index is 1.49. The number of nitrogens with zero attached hydrogens (tertiary/aromatic N) is 1. The third-order valence-corrected chi connectivity index (χ3v) is 6.21. The van der Waals surface area contributed by atoms with Crippen molar-refractivity contribution in [2.24, 2.45) is 0 Å². The molecule has 1 aromatic rings. The highest BCUT2D eigenvalue weighted by molar-refractivity contribution is 5.66. The van der Waals surface area contributed by atoms with Crippen molar-refractivity contribution < 1.29 is 28.6 Å². The van der Waals surface area contributed by atoms with Crippen LogP contribution in [0.25, 0.3) is 0 Å². The Kier molecular flexibility index (Phi) is 4.30. The first-order valence-electron chi connectivity index (χ1n) is 10.0. The van der Waals surface area contributed by atoms with Crippen LogP contribution in [0.15, 0.2) is 30.3 Å². The molecule has 6 atom stereocenters. The second kappa shape index (κ2) is 6.50. The van der Waals surface area contributed by atoms with Gasteiger partial charge in [0.05, 0.1) is 12.2 Å². The highest BCUT2D eigenvalue weighted by Gasteiger charge is 2.70. The zero-order chi connectivity index (χ0) is 19.5. The standard InChI is InChI=1S/C21H27NO6/c1-13(23)24-15-9-16-11-21(22(28-16)12-14-7-5-4-6-8-14)17(10-15)25-19-18(21)26-20(2,3)27-19/h4-8,15-19H,9-12H2,1-3H3/t15-,16+,17+,18-,19+,21+/m1/s1. The molecule has 0 aromatic heterocycles. The van der Waals surface area contributed by atoms with E-state index >= 15 is 0 Å². The fourth-order valence-electron chi connectivity index (χ4n) is 5.24. The Morgan fingerprint density at radius 3 is 2.75 bits per heavy atom. The smallest absolute Gasteiger partial charge is 0.302 e. The maximum atomic E-state index is 11.5. The molecule has 1 saturated carbocycles. The summed E-state index contributed by atoms with van der Waals surface area (Å²) < 4.78 is 24.2. The van der Waals surface area contributed by atoms with Crippen LogP contribution < -0.4 is 0 Å². The number of benzene rings is 1. The molecule has 1 aromatic carbocycles. The average Bonchev–Trinajstić information content (AvgIpc) is 3.15. The van der Waals surface area contributed by atoms with Gasteiger partial charge in [0.25, 0.3) is 0 Å². The quantitative estimate of drug-likeness (QED) is 0.736. The summed E-state index contributed by atoms with van der Waals surface area (Å²) >= 11 is 0. The van der Waals surface area contributed by atoms with Gasteiger partial charge >= 0.3 is 5.97 Å². The number of fused-ring (bicyclic) bond motifs is 2. The van der Waals surface area contributed by atoms with Gasteiger partial charge < -0.3 is 18.9 Å². The number of rotatable bonds is 3. The summed E-state index contributed by atoms with van der Waals surface area (Å²) in [5.74, 6) is -0.975. The van der Waals surface area contributed by atoms with Crippen molar-refractivity contribution in [3.05, 3.63) is 35.9 Å². The molecule has 7 nitrogen and oxygen atoms in total. The second-order valence-electron chi connectivity index (χ2n) is 8.70. The minimum absolute atomic E-state index is 0.0484. The molecular formula is C21H27NO6. The predicted octanol–water partition coefficient (Wildman–Crippen LogP) is 2.53. The number of ether oxygens (including phenoxy) is 4. The SMILES string of the molecule is CC(=O)O[C@@H]1C[C@H]2C[C@@]3([C@H](C1)O[C@H]1OC(C)(C)O[C@H]13)N(Cc1ccccc1)O2. The molecule has 0 radical (unpaired) electrons. The van der Waals surface area contributed by atoms with E-state index in [0.717, 1.165) is 6.42 Å². The molecule has 0 N–H and O–H groups in total. The van der Waals surface area contributed by atoms with E-state index in [1.807, 2.05) is 32.0 Å². The molecule has 3 heterocycles. The summed E-state index contributed by atoms with van der Waals surface area (Å²) in [4.78, 5) is 17.9. The number of esters is 1. The molecule has 0 unspecified atom stereocenters. The topological polar surface area (TPSA) is 66.5 Å². The maximum absolute atomic E-state index is 11.5. The molecule has 5 rings (SSSR count). The van der Waals surface area contributed by atoms with Crippen LogP contribution in [0.2, 0.25) is 0 Å². The van der Waals surface area contributed by atoms with Gasteiger partial charge in [0.15, 0.2) is 12.1 Å². The molecule has 3 aliphatic heterocycles. The molecule has 1 aliphatic carbocycles. The normalized spacial score (nSPS) is 41.3. The fourth-order valence-corrected chi connectivity index (χ4v) is 5.24. The molecule has 7 heteroatoms. The first-order valence-corrected chi connectivity index (χ1v) is 10.0. The van der Waals surface area contributed by atoms with E-state index in [9.17, 15) is 4.79 Å². The van der Waals surface area contributed by atoms with Crippen LogP contribution in [-0.2, 0) is 35.1 Å². The third-order valence-electron chi connectivity index (χ3n) is 6.21. The molecule has 0 amide bonds. The lowest BCUT2D eigenvalue weighted by atomic mass is 9.83. The van der Waals surface area contributed by atoms with Gasteiger partial charge in [0.1, 0.15) is 17.7 Å². The zero-order valence-electron chi connectivity index (χ0n) is 16.5. The summed E-state index contributed by atoms with van der Waals surface area (Å²) in [6.07, 6.45) is 0.878. The Bertz CT molecular complexity index is 755. The number of carbonyl (C=O) groups is 1. The number of carbonyl (C=O) groups excluding carboxylic acids is 1. The number of hydrogen-bond donors (Lipinski definition) is 0. The van der Waals surface area contributed by atoms with Crippen molar-refractivity contribution in [2.75, 3.05) is 0 Å². The second-order valence-corrected chi connectivity index (χ2v) is 8.70. The van der Waals surface area contributed by atoms with Crippen molar-refractivity contribution in [2.45, 2.75) is 88.6 Å². The summed E-state index contributed by atoms with van der Waals surface area (Å²) in [5, 5.41) is 2.05. The van der Waals surface area contributed by atoms with Crippen LogP contribution in [0.1, 0.15) is 45.6 Å². The van der Waals surface area contributed by atoms with Gasteiger partial charge in [-0.1, -0.05) is 30.3 Å². The minimum Gasteiger partial charge on any atom is -0.462 e. The van der Waals surface area contributed by atoms with E-state index in [-0.39, 0.29) is 30.4 Å². The van der Waals surface area contributed by atoms with Gasteiger partial charge in [-0.15, -0.1) is 0 Å². The summed E-state index contributed by atoms with van der Waals surface area (Å²) in [5.41, 5.74) is 0.702. The lowest BCUT2D eigenvalue weighted by molar-refractivity contribution is -0.263. The van der Waals surface area contributed by atoms with Crippen molar-refractivity contribution in [1.29, 1.82) is 0 Å². The van der Waals surface area contributed by atoms with Crippen LogP contribution in [0, 0.1) is 0 Å². The van der Waals surface area contributed by atoms with Crippen LogP contribution in [-0.4, -0.2) is 53.1 Å². The van der Waals surface area contributed by atoms with Gasteiger partial charge in [-0.05, 0) is 19.4 Å². The van der Waals surface area contributed by atoms with Gasteiger partial charge in [-0.2, -0.15) is 5.06 Å². The largest absolute Gasteiger partial charge is 0.462 e. The molecule has 4 aliphatic rings. The lowest BCUT2D eigenvalue weighted by Gasteiger charge is -2.41. The highest BCUT2D eigenvalue weighted by atomic mass is 16.8. The molecule has 4 fully saturated rings. The lowest BCUT2D eigenvalue weighted by Crippen LogP contribution is -2.57. The van der Waals surface area contributed by atoms with Crippen molar-refractivity contribution in [3.63, 3.8) is 0 Å². The zero-order valence-corrected chi connectivity index (χ0v) is 16.5. The van der Waals surface area contributed by atoms with E-state index in [2.05, 4.69) is 17.2 Å². The van der Waals surface area contributed by atoms with Crippen molar-refractivity contribution >= 4 is 5.97 Å². The summed E-state index contributed by atoms with van der Waals surface area (Å²) in [6.45, 7) is 5.91. The van der Waals surface area contributed by atoms with Gasteiger partial charge in [0.2, 0.25) is 0 Å². The number of hydrogen-bond acceptors (Lipinski definition) is 7. The molecule has 3 saturated heterocycles. The number of hydroxylamine groups is 2. The van der Waals surface area contributed by atoms with E-state index in [1.54, 1.807) is 0 Å². The fraction of sp³-hybridized carbons (Fsp3) is 0.667. The monoisotopic (exact) mass is 389 g/mol. The Hall–Kier alpha value is -1.51. The van der Waals surface area contributed by atoms with Gasteiger partial charge in [-0.25, -0.2) is 0 Å². The average molecular weight is 389 g/mol. The van der Waals surface area contributed by atoms with Gasteiger partial charge in [-0.3, -0.25) is 9.63 Å². The van der Waals surface area contributed by atoms with Crippen LogP contribution >= 0.6 is 0 Å². The first-order chi connectivity index (χ1) is 13.4. The Labute approximate surface area is 164 Å². The predicted molar refractivity (Wildman–Crippen MR) is 97.7 cm³/mol. The molecular weight excluding hydrogens is 362 g/mol. The van der Waals surface area contributed by atoms with Crippen molar-refractivity contribution in [1.82, 2.24) is 5.06 Å². The first kappa shape index (κ1) is 18.5. The van der Waals surface area contributed by atoms with E-state index < -0.39 is 17.6 Å². The maximum Gasteiger partial charge on any atom is 0.302 e. The van der Waals surface area contributed by atoms with Crippen LogP contribution in [0.3, 0.4) is 0 Å². The van der Waals surface area contributed by atoms with Crippen molar-refractivity contribution in [3.8, 4) is 0 Å². The van der Waals surface area contributed by atoms with E-state index in [1.165, 1.54) is 12.5 Å². The third kappa shape index (κ3) is 2.97.